The van der Waals surface area contributed by atoms with Crippen LogP contribution in [0.2, 0.25) is 0 Å². The normalized spacial score (nSPS) is 16.0. The predicted octanol–water partition coefficient (Wildman–Crippen LogP) is 4.53. The lowest BCUT2D eigenvalue weighted by molar-refractivity contribution is 0.195. The van der Waals surface area contributed by atoms with Gasteiger partial charge in [0.15, 0.2) is 0 Å². The molecule has 0 bridgehead atoms. The van der Waals surface area contributed by atoms with Crippen molar-refractivity contribution in [1.29, 1.82) is 0 Å². The van der Waals surface area contributed by atoms with Gasteiger partial charge in [-0.25, -0.2) is 4.39 Å². The van der Waals surface area contributed by atoms with Crippen LogP contribution in [0, 0.1) is 11.7 Å². The van der Waals surface area contributed by atoms with Gasteiger partial charge in [0, 0.05) is 24.8 Å². The minimum absolute atomic E-state index is 0.176. The molecule has 0 unspecified atom stereocenters. The summed E-state index contributed by atoms with van der Waals surface area (Å²) in [5.74, 6) is 0.587. The number of hydrogen-bond donors (Lipinski definition) is 1. The second kappa shape index (κ2) is 8.38. The molecule has 0 aromatic heterocycles. The van der Waals surface area contributed by atoms with Crippen LogP contribution < -0.4 is 5.32 Å². The standard InChI is InChI=1S/C18H29FN2/c1-15(2)11-13-21(18-5-3-4-6-18)14-12-20-17-9-7-16(19)8-10-17/h7-10,15,18,20H,3-6,11-14H2,1-2H3. The largest absolute Gasteiger partial charge is 0.384 e. The molecule has 1 aliphatic carbocycles. The topological polar surface area (TPSA) is 15.3 Å². The van der Waals surface area contributed by atoms with Crippen molar-refractivity contribution < 1.29 is 4.39 Å². The van der Waals surface area contributed by atoms with Crippen LogP contribution in [0.4, 0.5) is 10.1 Å². The quantitative estimate of drug-likeness (QED) is 0.757. The maximum absolute atomic E-state index is 12.9. The van der Waals surface area contributed by atoms with Crippen molar-refractivity contribution >= 4 is 5.69 Å². The van der Waals surface area contributed by atoms with Gasteiger partial charge < -0.3 is 5.32 Å². The molecule has 3 heteroatoms. The first-order valence-corrected chi connectivity index (χ1v) is 8.38. The van der Waals surface area contributed by atoms with E-state index in [1.807, 2.05) is 12.1 Å². The number of nitrogens with one attached hydrogen (secondary N) is 1. The molecule has 2 rings (SSSR count). The molecule has 0 atom stereocenters. The molecule has 1 fully saturated rings. The summed E-state index contributed by atoms with van der Waals surface area (Å²) in [6.07, 6.45) is 6.75. The molecule has 1 aliphatic rings. The number of halogens is 1. The van der Waals surface area contributed by atoms with Crippen LogP contribution in [0.5, 0.6) is 0 Å². The third-order valence-corrected chi connectivity index (χ3v) is 4.41. The molecule has 1 aromatic carbocycles. The Morgan fingerprint density at radius 2 is 1.81 bits per heavy atom. The fourth-order valence-corrected chi connectivity index (χ4v) is 3.08. The van der Waals surface area contributed by atoms with E-state index in [1.54, 1.807) is 0 Å². The summed E-state index contributed by atoms with van der Waals surface area (Å²) in [4.78, 5) is 2.66. The van der Waals surface area contributed by atoms with Crippen molar-refractivity contribution in [3.05, 3.63) is 30.1 Å². The Kier molecular flexibility index (Phi) is 6.50. The number of nitrogens with zero attached hydrogens (tertiary/aromatic N) is 1. The van der Waals surface area contributed by atoms with Crippen molar-refractivity contribution in [3.63, 3.8) is 0 Å². The van der Waals surface area contributed by atoms with Crippen LogP contribution in [-0.2, 0) is 0 Å². The smallest absolute Gasteiger partial charge is 0.123 e. The Hall–Kier alpha value is -1.09. The molecule has 1 aromatic rings. The van der Waals surface area contributed by atoms with E-state index in [1.165, 1.54) is 50.8 Å². The molecule has 2 nitrogen and oxygen atoms in total. The molecule has 0 heterocycles. The van der Waals surface area contributed by atoms with Crippen molar-refractivity contribution in [2.75, 3.05) is 25.0 Å². The maximum atomic E-state index is 12.9. The highest BCUT2D eigenvalue weighted by Crippen LogP contribution is 2.24. The van der Waals surface area contributed by atoms with E-state index in [-0.39, 0.29) is 5.82 Å². The van der Waals surface area contributed by atoms with E-state index in [9.17, 15) is 4.39 Å². The predicted molar refractivity (Wildman–Crippen MR) is 88.2 cm³/mol. The number of benzene rings is 1. The maximum Gasteiger partial charge on any atom is 0.123 e. The summed E-state index contributed by atoms with van der Waals surface area (Å²) in [5, 5.41) is 3.41. The molecular weight excluding hydrogens is 263 g/mol. The highest BCUT2D eigenvalue weighted by Gasteiger charge is 2.21. The van der Waals surface area contributed by atoms with Crippen LogP contribution in [0.25, 0.3) is 0 Å². The Morgan fingerprint density at radius 3 is 2.43 bits per heavy atom. The Bertz CT molecular complexity index is 396. The third-order valence-electron chi connectivity index (χ3n) is 4.41. The van der Waals surface area contributed by atoms with Gasteiger partial charge in [-0.1, -0.05) is 26.7 Å². The van der Waals surface area contributed by atoms with Crippen molar-refractivity contribution in [1.82, 2.24) is 4.90 Å². The Morgan fingerprint density at radius 1 is 1.14 bits per heavy atom. The molecule has 0 radical (unpaired) electrons. The fourth-order valence-electron chi connectivity index (χ4n) is 3.08. The van der Waals surface area contributed by atoms with E-state index in [2.05, 4.69) is 24.1 Å². The number of anilines is 1. The monoisotopic (exact) mass is 292 g/mol. The molecular formula is C18H29FN2. The number of hydrogen-bond acceptors (Lipinski definition) is 2. The second-order valence-corrected chi connectivity index (χ2v) is 6.59. The Balaban J connectivity index is 1.78. The van der Waals surface area contributed by atoms with Gasteiger partial charge in [0.25, 0.3) is 0 Å². The average Bonchev–Trinajstić information content (AvgIpc) is 2.98. The Labute approximate surface area is 128 Å². The highest BCUT2D eigenvalue weighted by molar-refractivity contribution is 5.42. The highest BCUT2D eigenvalue weighted by atomic mass is 19.1. The summed E-state index contributed by atoms with van der Waals surface area (Å²) in [7, 11) is 0. The van der Waals surface area contributed by atoms with Crippen molar-refractivity contribution in [3.8, 4) is 0 Å². The van der Waals surface area contributed by atoms with E-state index in [0.717, 1.165) is 30.7 Å². The summed E-state index contributed by atoms with van der Waals surface area (Å²) in [5.41, 5.74) is 1.01. The van der Waals surface area contributed by atoms with Gasteiger partial charge in [0.1, 0.15) is 5.82 Å². The van der Waals surface area contributed by atoms with E-state index >= 15 is 0 Å². The first-order chi connectivity index (χ1) is 10.1. The first kappa shape index (κ1) is 16.3. The van der Waals surface area contributed by atoms with Gasteiger partial charge >= 0.3 is 0 Å². The molecule has 1 saturated carbocycles. The molecule has 0 aliphatic heterocycles. The minimum Gasteiger partial charge on any atom is -0.384 e. The second-order valence-electron chi connectivity index (χ2n) is 6.59. The zero-order chi connectivity index (χ0) is 15.1. The third kappa shape index (κ3) is 5.66. The van der Waals surface area contributed by atoms with Crippen molar-refractivity contribution in [2.24, 2.45) is 5.92 Å². The lowest BCUT2D eigenvalue weighted by atomic mass is 10.1. The fraction of sp³-hybridized carbons (Fsp3) is 0.667. The van der Waals surface area contributed by atoms with E-state index in [0.29, 0.717) is 0 Å². The van der Waals surface area contributed by atoms with Crippen molar-refractivity contribution in [2.45, 2.75) is 52.0 Å². The van der Waals surface area contributed by atoms with Gasteiger partial charge in [-0.15, -0.1) is 0 Å². The van der Waals surface area contributed by atoms with Gasteiger partial charge in [-0.3, -0.25) is 4.90 Å². The summed E-state index contributed by atoms with van der Waals surface area (Å²) in [6.45, 7) is 7.80. The van der Waals surface area contributed by atoms with Crippen LogP contribution in [0.15, 0.2) is 24.3 Å². The molecule has 118 valence electrons. The minimum atomic E-state index is -0.176. The lowest BCUT2D eigenvalue weighted by Gasteiger charge is -2.29. The summed E-state index contributed by atoms with van der Waals surface area (Å²) in [6, 6.07) is 7.41. The zero-order valence-corrected chi connectivity index (χ0v) is 13.4. The SMILES string of the molecule is CC(C)CCN(CCNc1ccc(F)cc1)C1CCCC1. The van der Waals surface area contributed by atoms with Crippen LogP contribution in [-0.4, -0.2) is 30.6 Å². The van der Waals surface area contributed by atoms with Gasteiger partial charge in [-0.05, 0) is 56.0 Å². The lowest BCUT2D eigenvalue weighted by Crippen LogP contribution is -2.38. The average molecular weight is 292 g/mol. The zero-order valence-electron chi connectivity index (χ0n) is 13.4. The molecule has 0 amide bonds. The van der Waals surface area contributed by atoms with Crippen LogP contribution in [0.3, 0.4) is 0 Å². The number of rotatable bonds is 8. The molecule has 0 saturated heterocycles. The molecule has 21 heavy (non-hydrogen) atoms. The van der Waals surface area contributed by atoms with Gasteiger partial charge in [0.05, 0.1) is 0 Å². The van der Waals surface area contributed by atoms with E-state index < -0.39 is 0 Å². The van der Waals surface area contributed by atoms with Gasteiger partial charge in [0.2, 0.25) is 0 Å². The summed E-state index contributed by atoms with van der Waals surface area (Å²) < 4.78 is 12.9. The van der Waals surface area contributed by atoms with E-state index in [4.69, 9.17) is 0 Å². The summed E-state index contributed by atoms with van der Waals surface area (Å²) >= 11 is 0. The van der Waals surface area contributed by atoms with Crippen LogP contribution >= 0.6 is 0 Å². The first-order valence-electron chi connectivity index (χ1n) is 8.38. The van der Waals surface area contributed by atoms with Crippen LogP contribution in [0.1, 0.15) is 46.0 Å². The molecule has 0 spiro atoms. The molecule has 1 N–H and O–H groups in total. The van der Waals surface area contributed by atoms with Gasteiger partial charge in [-0.2, -0.15) is 0 Å².